The van der Waals surface area contributed by atoms with Gasteiger partial charge in [0.15, 0.2) is 5.96 Å². The first kappa shape index (κ1) is 23.4. The van der Waals surface area contributed by atoms with Crippen LogP contribution in [0, 0.1) is 5.82 Å². The smallest absolute Gasteiger partial charge is 0.221 e. The van der Waals surface area contributed by atoms with E-state index < -0.39 is 0 Å². The third-order valence-corrected chi connectivity index (χ3v) is 5.25. The Labute approximate surface area is 188 Å². The Morgan fingerprint density at radius 1 is 1.21 bits per heavy atom. The Bertz CT molecular complexity index is 817. The maximum atomic E-state index is 13.3. The minimum absolute atomic E-state index is 0. The van der Waals surface area contributed by atoms with Crippen molar-refractivity contribution in [3.63, 3.8) is 0 Å². The van der Waals surface area contributed by atoms with Crippen molar-refractivity contribution in [2.24, 2.45) is 4.99 Å². The summed E-state index contributed by atoms with van der Waals surface area (Å²) in [6.45, 7) is 1.24. The van der Waals surface area contributed by atoms with Gasteiger partial charge in [0.05, 0.1) is 0 Å². The van der Waals surface area contributed by atoms with Crippen LogP contribution < -0.4 is 16.0 Å². The molecule has 1 saturated carbocycles. The van der Waals surface area contributed by atoms with Gasteiger partial charge in [-0.3, -0.25) is 9.79 Å². The number of halogens is 2. The van der Waals surface area contributed by atoms with E-state index >= 15 is 0 Å². The molecular weight excluding hydrogens is 484 g/mol. The SMILES string of the molecule is CN=C(NCCC(=O)NC1CCCCC1)NCCc1c[nH]c2cc(F)ccc12.I. The van der Waals surface area contributed by atoms with Crippen molar-refractivity contribution in [1.29, 1.82) is 0 Å². The van der Waals surface area contributed by atoms with E-state index in [1.54, 1.807) is 13.1 Å². The van der Waals surface area contributed by atoms with Gasteiger partial charge in [0, 0.05) is 49.7 Å². The molecule has 0 atom stereocenters. The molecule has 0 spiro atoms. The topological polar surface area (TPSA) is 81.3 Å². The van der Waals surface area contributed by atoms with Crippen LogP contribution in [-0.2, 0) is 11.2 Å². The Balaban J connectivity index is 0.00000300. The molecule has 1 aliphatic rings. The molecule has 0 unspecified atom stereocenters. The van der Waals surface area contributed by atoms with E-state index in [-0.39, 0.29) is 35.7 Å². The number of fused-ring (bicyclic) bond motifs is 1. The lowest BCUT2D eigenvalue weighted by Crippen LogP contribution is -2.41. The van der Waals surface area contributed by atoms with Gasteiger partial charge in [-0.05, 0) is 43.0 Å². The maximum absolute atomic E-state index is 13.3. The molecule has 1 amide bonds. The maximum Gasteiger partial charge on any atom is 0.221 e. The quantitative estimate of drug-likeness (QED) is 0.259. The van der Waals surface area contributed by atoms with Gasteiger partial charge in [-0.1, -0.05) is 19.3 Å². The standard InChI is InChI=1S/C21H30FN5O.HI/c1-23-21(25-12-10-20(28)27-17-5-3-2-4-6-17)24-11-9-15-14-26-19-13-16(22)7-8-18(15)19;/h7-8,13-14,17,26H,2-6,9-12H2,1H3,(H,27,28)(H2,23,24,25);1H. The van der Waals surface area contributed by atoms with E-state index in [4.69, 9.17) is 0 Å². The van der Waals surface area contributed by atoms with E-state index in [2.05, 4.69) is 25.9 Å². The zero-order chi connectivity index (χ0) is 19.8. The minimum atomic E-state index is -0.240. The number of aromatic amines is 1. The number of rotatable bonds is 7. The summed E-state index contributed by atoms with van der Waals surface area (Å²) < 4.78 is 13.3. The van der Waals surface area contributed by atoms with E-state index in [0.717, 1.165) is 35.7 Å². The molecule has 0 saturated heterocycles. The predicted octanol–water partition coefficient (Wildman–Crippen LogP) is 3.47. The largest absolute Gasteiger partial charge is 0.361 e. The van der Waals surface area contributed by atoms with Crippen LogP contribution in [0.5, 0.6) is 0 Å². The summed E-state index contributed by atoms with van der Waals surface area (Å²) in [4.78, 5) is 19.4. The molecule has 4 N–H and O–H groups in total. The summed E-state index contributed by atoms with van der Waals surface area (Å²) in [6, 6.07) is 5.13. The highest BCUT2D eigenvalue weighted by Gasteiger charge is 2.15. The van der Waals surface area contributed by atoms with Gasteiger partial charge >= 0.3 is 0 Å². The third-order valence-electron chi connectivity index (χ3n) is 5.25. The Morgan fingerprint density at radius 3 is 2.72 bits per heavy atom. The molecule has 0 radical (unpaired) electrons. The molecule has 160 valence electrons. The molecule has 2 aromatic rings. The van der Waals surface area contributed by atoms with Crippen molar-refractivity contribution >= 4 is 46.7 Å². The minimum Gasteiger partial charge on any atom is -0.361 e. The van der Waals surface area contributed by atoms with Gasteiger partial charge in [0.1, 0.15) is 5.82 Å². The number of aromatic nitrogens is 1. The van der Waals surface area contributed by atoms with Crippen LogP contribution in [0.25, 0.3) is 10.9 Å². The Morgan fingerprint density at radius 2 is 1.97 bits per heavy atom. The lowest BCUT2D eigenvalue weighted by atomic mass is 9.95. The van der Waals surface area contributed by atoms with Crippen LogP contribution in [0.15, 0.2) is 29.4 Å². The molecule has 0 bridgehead atoms. The van der Waals surface area contributed by atoms with E-state index in [0.29, 0.717) is 31.5 Å². The number of amides is 1. The third kappa shape index (κ3) is 7.17. The van der Waals surface area contributed by atoms with Crippen molar-refractivity contribution in [3.8, 4) is 0 Å². The van der Waals surface area contributed by atoms with Crippen LogP contribution in [0.3, 0.4) is 0 Å². The zero-order valence-corrected chi connectivity index (χ0v) is 19.2. The van der Waals surface area contributed by atoms with Crippen molar-refractivity contribution in [3.05, 3.63) is 35.8 Å². The number of carbonyl (C=O) groups excluding carboxylic acids is 1. The number of hydrogen-bond donors (Lipinski definition) is 4. The zero-order valence-electron chi connectivity index (χ0n) is 16.9. The molecule has 1 aliphatic carbocycles. The van der Waals surface area contributed by atoms with Crippen molar-refractivity contribution < 1.29 is 9.18 Å². The van der Waals surface area contributed by atoms with Crippen LogP contribution in [0.2, 0.25) is 0 Å². The lowest BCUT2D eigenvalue weighted by molar-refractivity contribution is -0.121. The number of H-pyrrole nitrogens is 1. The molecular formula is C21H31FIN5O. The summed E-state index contributed by atoms with van der Waals surface area (Å²) in [5, 5.41) is 10.6. The molecule has 29 heavy (non-hydrogen) atoms. The number of nitrogens with one attached hydrogen (secondary N) is 4. The number of nitrogens with zero attached hydrogens (tertiary/aromatic N) is 1. The van der Waals surface area contributed by atoms with Gasteiger partial charge in [-0.25, -0.2) is 4.39 Å². The monoisotopic (exact) mass is 515 g/mol. The molecule has 1 aromatic heterocycles. The molecule has 1 aromatic carbocycles. The summed E-state index contributed by atoms with van der Waals surface area (Å²) in [5.41, 5.74) is 1.94. The average Bonchev–Trinajstić information content (AvgIpc) is 3.09. The first-order valence-corrected chi connectivity index (χ1v) is 10.1. The van der Waals surface area contributed by atoms with Crippen LogP contribution in [0.4, 0.5) is 4.39 Å². The van der Waals surface area contributed by atoms with Gasteiger partial charge < -0.3 is 20.9 Å². The first-order chi connectivity index (χ1) is 13.7. The van der Waals surface area contributed by atoms with E-state index in [1.807, 2.05) is 6.20 Å². The highest BCUT2D eigenvalue weighted by molar-refractivity contribution is 14.0. The molecule has 0 aliphatic heterocycles. The number of hydrogen-bond acceptors (Lipinski definition) is 2. The van der Waals surface area contributed by atoms with E-state index in [1.165, 1.54) is 31.4 Å². The average molecular weight is 515 g/mol. The predicted molar refractivity (Wildman–Crippen MR) is 126 cm³/mol. The van der Waals surface area contributed by atoms with Gasteiger partial charge in [-0.15, -0.1) is 24.0 Å². The lowest BCUT2D eigenvalue weighted by Gasteiger charge is -2.22. The highest BCUT2D eigenvalue weighted by atomic mass is 127. The van der Waals surface area contributed by atoms with Crippen LogP contribution in [-0.4, -0.2) is 43.0 Å². The summed E-state index contributed by atoms with van der Waals surface area (Å²) in [5.74, 6) is 0.536. The second-order valence-electron chi connectivity index (χ2n) is 7.33. The van der Waals surface area contributed by atoms with Gasteiger partial charge in [0.2, 0.25) is 5.91 Å². The van der Waals surface area contributed by atoms with Crippen molar-refractivity contribution in [2.75, 3.05) is 20.1 Å². The highest BCUT2D eigenvalue weighted by Crippen LogP contribution is 2.19. The molecule has 1 fully saturated rings. The molecule has 1 heterocycles. The number of carbonyl (C=O) groups is 1. The number of aliphatic imine (C=N–C) groups is 1. The van der Waals surface area contributed by atoms with Gasteiger partial charge in [0.25, 0.3) is 0 Å². The fourth-order valence-electron chi connectivity index (χ4n) is 3.74. The second kappa shape index (κ2) is 12.0. The van der Waals surface area contributed by atoms with Crippen LogP contribution >= 0.6 is 24.0 Å². The van der Waals surface area contributed by atoms with Crippen molar-refractivity contribution in [2.45, 2.75) is 51.0 Å². The summed E-state index contributed by atoms with van der Waals surface area (Å²) in [6.07, 6.45) is 9.05. The number of guanidine groups is 1. The van der Waals surface area contributed by atoms with Gasteiger partial charge in [-0.2, -0.15) is 0 Å². The second-order valence-corrected chi connectivity index (χ2v) is 7.33. The fourth-order valence-corrected chi connectivity index (χ4v) is 3.74. The van der Waals surface area contributed by atoms with Crippen LogP contribution in [0.1, 0.15) is 44.1 Å². The van der Waals surface area contributed by atoms with E-state index in [9.17, 15) is 9.18 Å². The Hall–Kier alpha value is -1.84. The number of benzene rings is 1. The first-order valence-electron chi connectivity index (χ1n) is 10.1. The molecule has 8 heteroatoms. The normalized spacial score (nSPS) is 15.0. The fraction of sp³-hybridized carbons (Fsp3) is 0.524. The summed E-state index contributed by atoms with van der Waals surface area (Å²) in [7, 11) is 1.71. The summed E-state index contributed by atoms with van der Waals surface area (Å²) >= 11 is 0. The molecule has 6 nitrogen and oxygen atoms in total. The van der Waals surface area contributed by atoms with Crippen molar-refractivity contribution in [1.82, 2.24) is 20.9 Å². The Kier molecular flexibility index (Phi) is 9.69. The molecule has 3 rings (SSSR count).